The Bertz CT molecular complexity index is 719. The van der Waals surface area contributed by atoms with Crippen LogP contribution in [0.3, 0.4) is 0 Å². The molecular weight excluding hydrogens is 354 g/mol. The van der Waals surface area contributed by atoms with Crippen molar-refractivity contribution in [1.82, 2.24) is 10.6 Å². The zero-order valence-electron chi connectivity index (χ0n) is 15.2. The number of anilines is 2. The summed E-state index contributed by atoms with van der Waals surface area (Å²) >= 11 is 0. The lowest BCUT2D eigenvalue weighted by molar-refractivity contribution is -0.128. The van der Waals surface area contributed by atoms with Crippen molar-refractivity contribution in [2.45, 2.75) is 25.9 Å². The third-order valence-electron chi connectivity index (χ3n) is 3.67. The van der Waals surface area contributed by atoms with Gasteiger partial charge in [-0.15, -0.1) is 0 Å². The lowest BCUT2D eigenvalue weighted by Gasteiger charge is -2.27. The third kappa shape index (κ3) is 5.68. The number of carbonyl (C=O) groups is 4. The summed E-state index contributed by atoms with van der Waals surface area (Å²) in [6, 6.07) is 4.13. The van der Waals surface area contributed by atoms with E-state index in [0.29, 0.717) is 24.5 Å². The predicted octanol–water partition coefficient (Wildman–Crippen LogP) is -0.450. The maximum absolute atomic E-state index is 12.3. The molecule has 0 saturated carbocycles. The Morgan fingerprint density at radius 2 is 1.81 bits per heavy atom. The van der Waals surface area contributed by atoms with Crippen LogP contribution in [0.1, 0.15) is 13.8 Å². The van der Waals surface area contributed by atoms with E-state index in [1.54, 1.807) is 43.0 Å². The van der Waals surface area contributed by atoms with Crippen molar-refractivity contribution in [1.29, 1.82) is 0 Å². The van der Waals surface area contributed by atoms with Crippen LogP contribution in [0.15, 0.2) is 24.3 Å². The summed E-state index contributed by atoms with van der Waals surface area (Å²) in [5.41, 5.74) is 6.27. The van der Waals surface area contributed by atoms with Crippen LogP contribution >= 0.6 is 0 Å². The van der Waals surface area contributed by atoms with Crippen molar-refractivity contribution in [3.63, 3.8) is 0 Å². The number of nitrogens with zero attached hydrogens (tertiary/aromatic N) is 1. The van der Waals surface area contributed by atoms with Crippen LogP contribution in [0.5, 0.6) is 0 Å². The average molecular weight is 377 g/mol. The standard InChI is InChI=1S/C17H23N5O5/c1-10(2)19-17(26)21-14(15(18)24)16(25)20-11-3-5-12(6-4-11)22-7-8-27-9-13(22)23/h3-6,10,14H,7-9H2,1-2H3,(H2,18,24)(H,20,25)(H2,19,21,26)/t14-/m1/s1. The van der Waals surface area contributed by atoms with Gasteiger partial charge in [-0.1, -0.05) is 0 Å². The van der Waals surface area contributed by atoms with Crippen molar-refractivity contribution in [2.75, 3.05) is 30.0 Å². The second-order valence-corrected chi connectivity index (χ2v) is 6.24. The Morgan fingerprint density at radius 1 is 1.15 bits per heavy atom. The first-order chi connectivity index (χ1) is 12.8. The van der Waals surface area contributed by atoms with Crippen LogP contribution in [0.4, 0.5) is 16.2 Å². The van der Waals surface area contributed by atoms with Gasteiger partial charge in [0.2, 0.25) is 5.91 Å². The SMILES string of the molecule is CC(C)NC(=O)N[C@H](C(N)=O)C(=O)Nc1ccc(N2CCOCC2=O)cc1. The average Bonchev–Trinajstić information content (AvgIpc) is 2.60. The van der Waals surface area contributed by atoms with Gasteiger partial charge in [0.25, 0.3) is 11.8 Å². The molecule has 0 aliphatic carbocycles. The number of amides is 5. The molecule has 1 aliphatic rings. The molecule has 1 aromatic carbocycles. The molecule has 27 heavy (non-hydrogen) atoms. The molecule has 1 heterocycles. The maximum atomic E-state index is 12.3. The van der Waals surface area contributed by atoms with Crippen LogP contribution < -0.4 is 26.6 Å². The number of hydrogen-bond donors (Lipinski definition) is 4. The van der Waals surface area contributed by atoms with Crippen LogP contribution in [0, 0.1) is 0 Å². The molecule has 5 amide bonds. The first kappa shape index (κ1) is 20.2. The number of rotatable bonds is 6. The number of morpholine rings is 1. The van der Waals surface area contributed by atoms with Gasteiger partial charge in [0.05, 0.1) is 6.61 Å². The number of urea groups is 1. The van der Waals surface area contributed by atoms with Gasteiger partial charge in [-0.05, 0) is 38.1 Å². The van der Waals surface area contributed by atoms with Crippen LogP contribution in [0.2, 0.25) is 0 Å². The number of hydrogen-bond acceptors (Lipinski definition) is 5. The van der Waals surface area contributed by atoms with Gasteiger partial charge in [0.1, 0.15) is 6.61 Å². The Hall–Kier alpha value is -3.14. The van der Waals surface area contributed by atoms with E-state index in [9.17, 15) is 19.2 Å². The van der Waals surface area contributed by atoms with E-state index < -0.39 is 23.9 Å². The summed E-state index contributed by atoms with van der Waals surface area (Å²) in [6.45, 7) is 4.40. The van der Waals surface area contributed by atoms with Gasteiger partial charge in [0.15, 0.2) is 6.04 Å². The number of nitrogens with two attached hydrogens (primary N) is 1. The summed E-state index contributed by atoms with van der Waals surface area (Å²) in [7, 11) is 0. The zero-order chi connectivity index (χ0) is 20.0. The maximum Gasteiger partial charge on any atom is 0.316 e. The minimum absolute atomic E-state index is 0.0306. The van der Waals surface area contributed by atoms with Crippen LogP contribution in [-0.2, 0) is 19.1 Å². The molecule has 1 aliphatic heterocycles. The molecule has 0 bridgehead atoms. The van der Waals surface area contributed by atoms with Crippen LogP contribution in [-0.4, -0.2) is 55.6 Å². The highest BCUT2D eigenvalue weighted by atomic mass is 16.5. The quantitative estimate of drug-likeness (QED) is 0.497. The number of primary amides is 1. The van der Waals surface area contributed by atoms with Gasteiger partial charge in [-0.2, -0.15) is 0 Å². The highest BCUT2D eigenvalue weighted by Gasteiger charge is 2.27. The van der Waals surface area contributed by atoms with Crippen molar-refractivity contribution in [3.05, 3.63) is 24.3 Å². The number of ether oxygens (including phenoxy) is 1. The highest BCUT2D eigenvalue weighted by Crippen LogP contribution is 2.19. The molecule has 0 spiro atoms. The molecule has 146 valence electrons. The topological polar surface area (TPSA) is 143 Å². The number of carbonyl (C=O) groups excluding carboxylic acids is 4. The Labute approximate surface area is 156 Å². The fourth-order valence-corrected chi connectivity index (χ4v) is 2.43. The van der Waals surface area contributed by atoms with E-state index in [0.717, 1.165) is 0 Å². The van der Waals surface area contributed by atoms with Gasteiger partial charge < -0.3 is 31.3 Å². The molecule has 10 heteroatoms. The summed E-state index contributed by atoms with van der Waals surface area (Å²) in [5.74, 6) is -1.90. The lowest BCUT2D eigenvalue weighted by atomic mass is 10.2. The minimum atomic E-state index is -1.52. The molecule has 1 atom stereocenters. The highest BCUT2D eigenvalue weighted by molar-refractivity contribution is 6.11. The molecule has 0 unspecified atom stereocenters. The number of benzene rings is 1. The van der Waals surface area contributed by atoms with Crippen molar-refractivity contribution < 1.29 is 23.9 Å². The largest absolute Gasteiger partial charge is 0.370 e. The second kappa shape index (κ2) is 8.99. The number of nitrogens with one attached hydrogen (secondary N) is 3. The van der Waals surface area contributed by atoms with E-state index in [-0.39, 0.29) is 18.6 Å². The second-order valence-electron chi connectivity index (χ2n) is 6.24. The summed E-state index contributed by atoms with van der Waals surface area (Å²) in [5, 5.41) is 7.26. The molecule has 0 radical (unpaired) electrons. The fourth-order valence-electron chi connectivity index (χ4n) is 2.43. The zero-order valence-corrected chi connectivity index (χ0v) is 15.2. The molecule has 1 aromatic rings. The van der Waals surface area contributed by atoms with Gasteiger partial charge >= 0.3 is 6.03 Å². The van der Waals surface area contributed by atoms with E-state index in [1.165, 1.54) is 0 Å². The normalized spacial score (nSPS) is 15.2. The molecular formula is C17H23N5O5. The molecule has 1 saturated heterocycles. The van der Waals surface area contributed by atoms with E-state index in [4.69, 9.17) is 10.5 Å². The van der Waals surface area contributed by atoms with Gasteiger partial charge in [0, 0.05) is 24.0 Å². The van der Waals surface area contributed by atoms with Crippen LogP contribution in [0.25, 0.3) is 0 Å². The first-order valence-electron chi connectivity index (χ1n) is 8.43. The van der Waals surface area contributed by atoms with E-state index in [1.807, 2.05) is 0 Å². The van der Waals surface area contributed by atoms with Crippen molar-refractivity contribution in [3.8, 4) is 0 Å². The fraction of sp³-hybridized carbons (Fsp3) is 0.412. The minimum Gasteiger partial charge on any atom is -0.370 e. The van der Waals surface area contributed by atoms with Gasteiger partial charge in [-0.3, -0.25) is 14.4 Å². The van der Waals surface area contributed by atoms with Gasteiger partial charge in [-0.25, -0.2) is 4.79 Å². The van der Waals surface area contributed by atoms with Crippen molar-refractivity contribution >= 4 is 35.1 Å². The Kier molecular flexibility index (Phi) is 6.72. The molecule has 1 fully saturated rings. The van der Waals surface area contributed by atoms with E-state index in [2.05, 4.69) is 16.0 Å². The summed E-state index contributed by atoms with van der Waals surface area (Å²) < 4.78 is 5.08. The summed E-state index contributed by atoms with van der Waals surface area (Å²) in [4.78, 5) is 48.9. The first-order valence-corrected chi connectivity index (χ1v) is 8.43. The monoisotopic (exact) mass is 377 g/mol. The van der Waals surface area contributed by atoms with Crippen molar-refractivity contribution in [2.24, 2.45) is 5.73 Å². The molecule has 5 N–H and O–H groups in total. The van der Waals surface area contributed by atoms with E-state index >= 15 is 0 Å². The Balaban J connectivity index is 2.01. The molecule has 0 aromatic heterocycles. The summed E-state index contributed by atoms with van der Waals surface area (Å²) in [6.07, 6.45) is 0. The molecule has 2 rings (SSSR count). The predicted molar refractivity (Wildman–Crippen MR) is 98.0 cm³/mol. The third-order valence-corrected chi connectivity index (χ3v) is 3.67. The Morgan fingerprint density at radius 3 is 2.37 bits per heavy atom. The smallest absolute Gasteiger partial charge is 0.316 e. The lowest BCUT2D eigenvalue weighted by Crippen LogP contribution is -2.55. The molecule has 10 nitrogen and oxygen atoms in total.